The molecule has 2 heteroatoms. The van der Waals surface area contributed by atoms with Crippen LogP contribution in [0, 0.1) is 0 Å². The lowest BCUT2D eigenvalue weighted by Gasteiger charge is -2.41. The Morgan fingerprint density at radius 2 is 2.14 bits per heavy atom. The van der Waals surface area contributed by atoms with E-state index in [1.54, 1.807) is 0 Å². The number of hydrogen-bond acceptors (Lipinski definition) is 1. The van der Waals surface area contributed by atoms with Crippen LogP contribution in [0.2, 0.25) is 5.02 Å². The molecule has 0 N–H and O–H groups in total. The summed E-state index contributed by atoms with van der Waals surface area (Å²) in [6, 6.07) is 5.78. The summed E-state index contributed by atoms with van der Waals surface area (Å²) in [4.78, 5) is 0. The normalized spacial score (nSPS) is 21.2. The van der Waals surface area contributed by atoms with Crippen molar-refractivity contribution in [3.05, 3.63) is 34.9 Å². The molecule has 1 aliphatic heterocycles. The quantitative estimate of drug-likeness (QED) is 0.630. The van der Waals surface area contributed by atoms with E-state index in [-0.39, 0.29) is 5.60 Å². The van der Waals surface area contributed by atoms with Crippen molar-refractivity contribution in [2.75, 3.05) is 0 Å². The summed E-state index contributed by atoms with van der Waals surface area (Å²) < 4.78 is 5.96. The highest BCUT2D eigenvalue weighted by atomic mass is 35.5. The Morgan fingerprint density at radius 3 is 2.86 bits per heavy atom. The number of hydrogen-bond donors (Lipinski definition) is 0. The monoisotopic (exact) mass is 206 g/mol. The molecular weight excluding hydrogens is 196 g/mol. The van der Waals surface area contributed by atoms with Crippen molar-refractivity contribution < 1.29 is 4.74 Å². The first-order chi connectivity index (χ1) is 6.77. The molecule has 1 spiro atoms. The van der Waals surface area contributed by atoms with Crippen LogP contribution in [0.1, 0.15) is 24.8 Å². The van der Waals surface area contributed by atoms with E-state index in [0.29, 0.717) is 0 Å². The van der Waals surface area contributed by atoms with Crippen molar-refractivity contribution in [1.29, 1.82) is 0 Å². The van der Waals surface area contributed by atoms with E-state index in [1.165, 1.54) is 6.42 Å². The zero-order chi connectivity index (χ0) is 9.60. The van der Waals surface area contributed by atoms with E-state index < -0.39 is 0 Å². The fourth-order valence-electron chi connectivity index (χ4n) is 2.03. The average Bonchev–Trinajstić information content (AvgIpc) is 2.15. The van der Waals surface area contributed by atoms with E-state index in [2.05, 4.69) is 12.2 Å². The molecular formula is C12H11ClO. The van der Waals surface area contributed by atoms with Gasteiger partial charge in [-0.05, 0) is 43.5 Å². The summed E-state index contributed by atoms with van der Waals surface area (Å²) >= 11 is 5.91. The molecule has 1 aromatic rings. The summed E-state index contributed by atoms with van der Waals surface area (Å²) in [5.74, 6) is 0.969. The van der Waals surface area contributed by atoms with Crippen molar-refractivity contribution in [2.45, 2.75) is 24.9 Å². The third-order valence-electron chi connectivity index (χ3n) is 3.05. The van der Waals surface area contributed by atoms with Crippen LogP contribution in [0.5, 0.6) is 5.75 Å². The van der Waals surface area contributed by atoms with Crippen LogP contribution in [0.15, 0.2) is 24.3 Å². The molecule has 0 aromatic heterocycles. The molecule has 1 aromatic carbocycles. The van der Waals surface area contributed by atoms with Gasteiger partial charge in [-0.25, -0.2) is 0 Å². The van der Waals surface area contributed by atoms with E-state index in [4.69, 9.17) is 16.3 Å². The van der Waals surface area contributed by atoms with Crippen LogP contribution < -0.4 is 4.74 Å². The zero-order valence-electron chi connectivity index (χ0n) is 7.79. The minimum absolute atomic E-state index is 0.0147. The standard InChI is InChI=1S/C12H11ClO/c13-10-2-3-11-9(8-10)4-7-12(14-11)5-1-6-12/h2-4,7-8H,1,5-6H2. The van der Waals surface area contributed by atoms with Crippen molar-refractivity contribution in [3.63, 3.8) is 0 Å². The molecule has 1 aliphatic carbocycles. The van der Waals surface area contributed by atoms with Crippen molar-refractivity contribution in [2.24, 2.45) is 0 Å². The molecule has 2 aliphatic rings. The Kier molecular flexibility index (Phi) is 1.65. The summed E-state index contributed by atoms with van der Waals surface area (Å²) in [7, 11) is 0. The third kappa shape index (κ3) is 1.16. The Labute approximate surface area is 88.3 Å². The Balaban J connectivity index is 2.02. The van der Waals surface area contributed by atoms with Crippen molar-refractivity contribution in [1.82, 2.24) is 0 Å². The SMILES string of the molecule is Clc1ccc2c(c1)C=CC1(CCC1)O2. The minimum atomic E-state index is 0.0147. The first-order valence-corrected chi connectivity index (χ1v) is 5.33. The van der Waals surface area contributed by atoms with Gasteiger partial charge in [-0.15, -0.1) is 0 Å². The number of ether oxygens (including phenoxy) is 1. The predicted octanol–water partition coefficient (Wildman–Crippen LogP) is 3.67. The fourth-order valence-corrected chi connectivity index (χ4v) is 2.21. The average molecular weight is 207 g/mol. The van der Waals surface area contributed by atoms with Crippen molar-refractivity contribution in [3.8, 4) is 5.75 Å². The van der Waals surface area contributed by atoms with Gasteiger partial charge in [0.15, 0.2) is 0 Å². The van der Waals surface area contributed by atoms with Crippen molar-refractivity contribution >= 4 is 17.7 Å². The molecule has 1 fully saturated rings. The molecule has 72 valence electrons. The fraction of sp³-hybridized carbons (Fsp3) is 0.333. The molecule has 0 radical (unpaired) electrons. The van der Waals surface area contributed by atoms with Gasteiger partial charge in [0.25, 0.3) is 0 Å². The lowest BCUT2D eigenvalue weighted by atomic mass is 9.78. The number of rotatable bonds is 0. The molecule has 14 heavy (non-hydrogen) atoms. The van der Waals surface area contributed by atoms with Crippen LogP contribution in [0.4, 0.5) is 0 Å². The van der Waals surface area contributed by atoms with Gasteiger partial charge >= 0.3 is 0 Å². The van der Waals surface area contributed by atoms with Crippen LogP contribution in [0.3, 0.4) is 0 Å². The topological polar surface area (TPSA) is 9.23 Å². The second-order valence-corrected chi connectivity index (χ2v) is 4.47. The van der Waals surface area contributed by atoms with Gasteiger partial charge in [0.2, 0.25) is 0 Å². The Hall–Kier alpha value is -0.950. The van der Waals surface area contributed by atoms with E-state index in [1.807, 2.05) is 18.2 Å². The molecule has 0 unspecified atom stereocenters. The predicted molar refractivity (Wildman–Crippen MR) is 57.7 cm³/mol. The molecule has 0 amide bonds. The van der Waals surface area contributed by atoms with Crippen LogP contribution in [0.25, 0.3) is 6.08 Å². The summed E-state index contributed by atoms with van der Waals surface area (Å²) in [6.07, 6.45) is 7.86. The molecule has 1 saturated carbocycles. The maximum atomic E-state index is 5.96. The molecule has 0 atom stereocenters. The smallest absolute Gasteiger partial charge is 0.127 e. The van der Waals surface area contributed by atoms with Gasteiger partial charge in [0.05, 0.1) is 0 Å². The highest BCUT2D eigenvalue weighted by Gasteiger charge is 2.38. The second-order valence-electron chi connectivity index (χ2n) is 4.04. The number of fused-ring (bicyclic) bond motifs is 1. The van der Waals surface area contributed by atoms with E-state index in [0.717, 1.165) is 29.2 Å². The lowest BCUT2D eigenvalue weighted by molar-refractivity contribution is 0.0382. The van der Waals surface area contributed by atoms with Gasteiger partial charge in [-0.2, -0.15) is 0 Å². The maximum absolute atomic E-state index is 5.96. The first-order valence-electron chi connectivity index (χ1n) is 4.95. The van der Waals surface area contributed by atoms with E-state index in [9.17, 15) is 0 Å². The van der Waals surface area contributed by atoms with E-state index >= 15 is 0 Å². The maximum Gasteiger partial charge on any atom is 0.127 e. The zero-order valence-corrected chi connectivity index (χ0v) is 8.55. The minimum Gasteiger partial charge on any atom is -0.483 e. The lowest BCUT2D eigenvalue weighted by Crippen LogP contribution is -2.42. The number of benzene rings is 1. The largest absolute Gasteiger partial charge is 0.483 e. The van der Waals surface area contributed by atoms with Crippen LogP contribution >= 0.6 is 11.6 Å². The first kappa shape index (κ1) is 8.37. The summed E-state index contributed by atoms with van der Waals surface area (Å²) in [6.45, 7) is 0. The molecule has 0 bridgehead atoms. The molecule has 0 saturated heterocycles. The van der Waals surface area contributed by atoms with Gasteiger partial charge in [-0.1, -0.05) is 17.7 Å². The highest BCUT2D eigenvalue weighted by molar-refractivity contribution is 6.30. The van der Waals surface area contributed by atoms with Crippen LogP contribution in [-0.4, -0.2) is 5.60 Å². The van der Waals surface area contributed by atoms with Gasteiger partial charge in [0, 0.05) is 10.6 Å². The van der Waals surface area contributed by atoms with Gasteiger partial charge in [0.1, 0.15) is 11.4 Å². The summed E-state index contributed by atoms with van der Waals surface area (Å²) in [5.41, 5.74) is 1.11. The van der Waals surface area contributed by atoms with Gasteiger partial charge < -0.3 is 4.74 Å². The Bertz CT molecular complexity index is 405. The highest BCUT2D eigenvalue weighted by Crippen LogP contribution is 2.43. The summed E-state index contributed by atoms with van der Waals surface area (Å²) in [5, 5.41) is 0.765. The number of halogens is 1. The van der Waals surface area contributed by atoms with Gasteiger partial charge in [-0.3, -0.25) is 0 Å². The third-order valence-corrected chi connectivity index (χ3v) is 3.29. The molecule has 1 nitrogen and oxygen atoms in total. The van der Waals surface area contributed by atoms with Crippen LogP contribution in [-0.2, 0) is 0 Å². The Morgan fingerprint density at radius 1 is 1.29 bits per heavy atom. The second kappa shape index (κ2) is 2.77. The molecule has 3 rings (SSSR count). The molecule has 1 heterocycles.